The zero-order chi connectivity index (χ0) is 13.1. The van der Waals surface area contributed by atoms with Crippen LogP contribution in [0.25, 0.3) is 0 Å². The molecule has 0 atom stereocenters. The molecule has 1 fully saturated rings. The molecule has 0 unspecified atom stereocenters. The normalized spacial score (nSPS) is 19.2. The Labute approximate surface area is 118 Å². The Morgan fingerprint density at radius 1 is 1.33 bits per heavy atom. The molecule has 0 aromatic heterocycles. The summed E-state index contributed by atoms with van der Waals surface area (Å²) in [4.78, 5) is 0. The molecule has 1 aliphatic rings. The summed E-state index contributed by atoms with van der Waals surface area (Å²) in [5.41, 5.74) is 0. The SMILES string of the molecule is CNCC1CCN(S(=O)(=O)N(C)C(C)C)CC1.Cl. The predicted molar refractivity (Wildman–Crippen MR) is 77.3 cm³/mol. The molecule has 0 amide bonds. The van der Waals surface area contributed by atoms with E-state index in [-0.39, 0.29) is 18.4 Å². The number of hydrogen-bond donors (Lipinski definition) is 1. The van der Waals surface area contributed by atoms with Crippen LogP contribution < -0.4 is 5.32 Å². The van der Waals surface area contributed by atoms with Crippen LogP contribution in [-0.4, -0.2) is 56.8 Å². The minimum Gasteiger partial charge on any atom is -0.319 e. The summed E-state index contributed by atoms with van der Waals surface area (Å²) in [6.45, 7) is 6.06. The summed E-state index contributed by atoms with van der Waals surface area (Å²) in [6.07, 6.45) is 1.90. The van der Waals surface area contributed by atoms with Crippen LogP contribution in [0.1, 0.15) is 26.7 Å². The van der Waals surface area contributed by atoms with Gasteiger partial charge in [-0.3, -0.25) is 0 Å². The number of hydrogen-bond acceptors (Lipinski definition) is 3. The van der Waals surface area contributed by atoms with Gasteiger partial charge in [-0.1, -0.05) is 0 Å². The van der Waals surface area contributed by atoms with Crippen molar-refractivity contribution >= 4 is 22.6 Å². The molecule has 0 aliphatic carbocycles. The van der Waals surface area contributed by atoms with Crippen LogP contribution in [0.4, 0.5) is 0 Å². The third-order valence-corrected chi connectivity index (χ3v) is 5.65. The van der Waals surface area contributed by atoms with Crippen LogP contribution in [0.5, 0.6) is 0 Å². The lowest BCUT2D eigenvalue weighted by Crippen LogP contribution is -2.48. The van der Waals surface area contributed by atoms with Gasteiger partial charge in [-0.15, -0.1) is 12.4 Å². The topological polar surface area (TPSA) is 52.7 Å². The van der Waals surface area contributed by atoms with Gasteiger partial charge in [0.25, 0.3) is 10.2 Å². The van der Waals surface area contributed by atoms with Gasteiger partial charge in [0.05, 0.1) is 0 Å². The number of halogens is 1. The van der Waals surface area contributed by atoms with Crippen molar-refractivity contribution in [2.45, 2.75) is 32.7 Å². The van der Waals surface area contributed by atoms with E-state index in [1.54, 1.807) is 11.4 Å². The van der Waals surface area contributed by atoms with Crippen molar-refractivity contribution in [3.63, 3.8) is 0 Å². The van der Waals surface area contributed by atoms with E-state index in [0.717, 1.165) is 19.4 Å². The van der Waals surface area contributed by atoms with Gasteiger partial charge in [-0.05, 0) is 46.2 Å². The van der Waals surface area contributed by atoms with Gasteiger partial charge < -0.3 is 5.32 Å². The van der Waals surface area contributed by atoms with E-state index in [0.29, 0.717) is 19.0 Å². The molecule has 110 valence electrons. The first kappa shape index (κ1) is 18.1. The first-order valence-electron chi connectivity index (χ1n) is 6.27. The molecule has 1 saturated heterocycles. The van der Waals surface area contributed by atoms with Crippen LogP contribution in [-0.2, 0) is 10.2 Å². The lowest BCUT2D eigenvalue weighted by atomic mass is 9.98. The van der Waals surface area contributed by atoms with Crippen LogP contribution in [0, 0.1) is 5.92 Å². The highest BCUT2D eigenvalue weighted by molar-refractivity contribution is 7.86. The Morgan fingerprint density at radius 2 is 1.83 bits per heavy atom. The van der Waals surface area contributed by atoms with Crippen molar-refractivity contribution in [2.75, 3.05) is 33.7 Å². The van der Waals surface area contributed by atoms with Gasteiger partial charge in [0, 0.05) is 26.2 Å². The molecule has 0 spiro atoms. The molecule has 1 rings (SSSR count). The van der Waals surface area contributed by atoms with Crippen LogP contribution in [0.15, 0.2) is 0 Å². The summed E-state index contributed by atoms with van der Waals surface area (Å²) < 4.78 is 27.5. The van der Waals surface area contributed by atoms with Gasteiger partial charge in [-0.2, -0.15) is 17.0 Å². The zero-order valence-corrected chi connectivity index (χ0v) is 13.4. The van der Waals surface area contributed by atoms with E-state index < -0.39 is 10.2 Å². The van der Waals surface area contributed by atoms with Gasteiger partial charge in [0.1, 0.15) is 0 Å². The Morgan fingerprint density at radius 3 is 2.22 bits per heavy atom. The molecule has 5 nitrogen and oxygen atoms in total. The standard InChI is InChI=1S/C11H25N3O2S.ClH/c1-10(2)13(4)17(15,16)14-7-5-11(6-8-14)9-12-3;/h10-12H,5-9H2,1-4H3;1H. The monoisotopic (exact) mass is 299 g/mol. The number of nitrogens with zero attached hydrogens (tertiary/aromatic N) is 2. The van der Waals surface area contributed by atoms with Crippen molar-refractivity contribution in [1.82, 2.24) is 13.9 Å². The highest BCUT2D eigenvalue weighted by atomic mass is 35.5. The summed E-state index contributed by atoms with van der Waals surface area (Å²) in [5.74, 6) is 0.607. The maximum Gasteiger partial charge on any atom is 0.281 e. The Balaban J connectivity index is 0.00000289. The second kappa shape index (κ2) is 7.65. The minimum atomic E-state index is -3.25. The molecule has 1 heterocycles. The second-order valence-corrected chi connectivity index (χ2v) is 7.01. The Kier molecular flexibility index (Phi) is 7.70. The fraction of sp³-hybridized carbons (Fsp3) is 1.00. The van der Waals surface area contributed by atoms with Gasteiger partial charge in [-0.25, -0.2) is 0 Å². The van der Waals surface area contributed by atoms with Crippen molar-refractivity contribution in [3.05, 3.63) is 0 Å². The quantitative estimate of drug-likeness (QED) is 0.821. The smallest absolute Gasteiger partial charge is 0.281 e. The molecule has 0 saturated carbocycles. The van der Waals surface area contributed by atoms with E-state index in [1.165, 1.54) is 4.31 Å². The highest BCUT2D eigenvalue weighted by Gasteiger charge is 2.31. The molecule has 0 aromatic carbocycles. The lowest BCUT2D eigenvalue weighted by molar-refractivity contribution is 0.251. The molecule has 7 heteroatoms. The molecule has 1 N–H and O–H groups in total. The summed E-state index contributed by atoms with van der Waals surface area (Å²) in [5, 5.41) is 3.15. The third kappa shape index (κ3) is 4.35. The fourth-order valence-electron chi connectivity index (χ4n) is 2.08. The maximum absolute atomic E-state index is 12.2. The van der Waals surface area contributed by atoms with Crippen molar-refractivity contribution < 1.29 is 8.42 Å². The molecular formula is C11H26ClN3O2S. The largest absolute Gasteiger partial charge is 0.319 e. The molecule has 0 aromatic rings. The summed E-state index contributed by atoms with van der Waals surface area (Å²) in [7, 11) is 0.339. The summed E-state index contributed by atoms with van der Waals surface area (Å²) in [6, 6.07) is 0.00929. The first-order valence-corrected chi connectivity index (χ1v) is 7.67. The number of nitrogens with one attached hydrogen (secondary N) is 1. The highest BCUT2D eigenvalue weighted by Crippen LogP contribution is 2.21. The van der Waals surface area contributed by atoms with E-state index in [2.05, 4.69) is 5.32 Å². The van der Waals surface area contributed by atoms with E-state index >= 15 is 0 Å². The van der Waals surface area contributed by atoms with Gasteiger partial charge >= 0.3 is 0 Å². The Bertz CT molecular complexity index is 327. The van der Waals surface area contributed by atoms with Crippen LogP contribution in [0.3, 0.4) is 0 Å². The van der Waals surface area contributed by atoms with Crippen molar-refractivity contribution in [1.29, 1.82) is 0 Å². The minimum absolute atomic E-state index is 0. The average Bonchev–Trinajstić information content (AvgIpc) is 2.29. The van der Waals surface area contributed by atoms with Gasteiger partial charge in [0.15, 0.2) is 0 Å². The molecule has 1 aliphatic heterocycles. The van der Waals surface area contributed by atoms with E-state index in [4.69, 9.17) is 0 Å². The van der Waals surface area contributed by atoms with Crippen LogP contribution >= 0.6 is 12.4 Å². The molecule has 0 radical (unpaired) electrons. The lowest BCUT2D eigenvalue weighted by Gasteiger charge is -2.34. The zero-order valence-electron chi connectivity index (χ0n) is 11.7. The molecule has 18 heavy (non-hydrogen) atoms. The van der Waals surface area contributed by atoms with Gasteiger partial charge in [0.2, 0.25) is 0 Å². The van der Waals surface area contributed by atoms with Crippen LogP contribution in [0.2, 0.25) is 0 Å². The first-order chi connectivity index (χ1) is 7.89. The van der Waals surface area contributed by atoms with E-state index in [1.807, 2.05) is 20.9 Å². The Hall–Kier alpha value is 0.120. The molecular weight excluding hydrogens is 274 g/mol. The molecule has 0 bridgehead atoms. The second-order valence-electron chi connectivity index (χ2n) is 5.02. The number of rotatable bonds is 5. The fourth-order valence-corrected chi connectivity index (χ4v) is 3.65. The summed E-state index contributed by atoms with van der Waals surface area (Å²) >= 11 is 0. The number of piperidine rings is 1. The average molecular weight is 300 g/mol. The van der Waals surface area contributed by atoms with Crippen molar-refractivity contribution in [3.8, 4) is 0 Å². The maximum atomic E-state index is 12.2. The predicted octanol–water partition coefficient (Wildman–Crippen LogP) is 0.925. The third-order valence-electron chi connectivity index (χ3n) is 3.48. The van der Waals surface area contributed by atoms with E-state index in [9.17, 15) is 8.42 Å². The van der Waals surface area contributed by atoms with Crippen molar-refractivity contribution in [2.24, 2.45) is 5.92 Å².